The molecule has 1 amide bonds. The van der Waals surface area contributed by atoms with Crippen LogP contribution in [0.5, 0.6) is 0 Å². The summed E-state index contributed by atoms with van der Waals surface area (Å²) in [6.45, 7) is 1.99. The molecule has 1 aliphatic heterocycles. The van der Waals surface area contributed by atoms with Gasteiger partial charge in [0.25, 0.3) is 0 Å². The Balaban J connectivity index is 1.42. The molecule has 0 radical (unpaired) electrons. The van der Waals surface area contributed by atoms with Crippen LogP contribution in [0, 0.1) is 0 Å². The topological polar surface area (TPSA) is 53.5 Å². The summed E-state index contributed by atoms with van der Waals surface area (Å²) in [5.74, 6) is 0.314. The molecule has 0 aromatic heterocycles. The molecule has 5 heteroatoms. The summed E-state index contributed by atoms with van der Waals surface area (Å²) in [6, 6.07) is 22.2. The molecule has 0 unspecified atom stereocenters. The Morgan fingerprint density at radius 2 is 1.85 bits per heavy atom. The molecule has 1 atom stereocenters. The van der Waals surface area contributed by atoms with E-state index in [0.29, 0.717) is 5.75 Å². The van der Waals surface area contributed by atoms with Crippen LogP contribution in [0.1, 0.15) is 18.5 Å². The van der Waals surface area contributed by atoms with Gasteiger partial charge in [-0.05, 0) is 30.0 Å². The van der Waals surface area contributed by atoms with Crippen molar-refractivity contribution in [1.29, 1.82) is 0 Å². The molecule has 3 aromatic rings. The first-order valence-electron chi connectivity index (χ1n) is 8.55. The molecular formula is C21H19N3OS. The molecule has 1 heterocycles. The fourth-order valence-corrected chi connectivity index (χ4v) is 3.78. The normalized spacial score (nSPS) is 13.7. The van der Waals surface area contributed by atoms with Crippen LogP contribution in [0.3, 0.4) is 0 Å². The van der Waals surface area contributed by atoms with Crippen molar-refractivity contribution < 1.29 is 4.79 Å². The van der Waals surface area contributed by atoms with Crippen molar-refractivity contribution in [2.45, 2.75) is 13.0 Å². The number of hydrogen-bond donors (Lipinski definition) is 2. The van der Waals surface area contributed by atoms with Crippen LogP contribution in [0.2, 0.25) is 0 Å². The number of carbonyl (C=O) groups is 1. The number of aliphatic imine (C=N–C) groups is 1. The van der Waals surface area contributed by atoms with Crippen LogP contribution in [0.25, 0.3) is 10.8 Å². The lowest BCUT2D eigenvalue weighted by Crippen LogP contribution is -2.29. The zero-order valence-corrected chi connectivity index (χ0v) is 15.2. The number of hydrogen-bond acceptors (Lipinski definition) is 4. The van der Waals surface area contributed by atoms with Crippen molar-refractivity contribution in [3.05, 3.63) is 72.3 Å². The van der Waals surface area contributed by atoms with Crippen molar-refractivity contribution in [2.75, 3.05) is 11.1 Å². The van der Waals surface area contributed by atoms with Gasteiger partial charge in [-0.3, -0.25) is 4.79 Å². The second-order valence-corrected chi connectivity index (χ2v) is 7.18. The number of rotatable bonds is 4. The first-order chi connectivity index (χ1) is 12.7. The van der Waals surface area contributed by atoms with E-state index in [2.05, 4.69) is 27.8 Å². The summed E-state index contributed by atoms with van der Waals surface area (Å²) in [6.07, 6.45) is 0. The summed E-state index contributed by atoms with van der Waals surface area (Å²) >= 11 is 1.42. The maximum Gasteiger partial charge on any atom is 0.230 e. The smallest absolute Gasteiger partial charge is 0.230 e. The molecule has 130 valence electrons. The van der Waals surface area contributed by atoms with Crippen molar-refractivity contribution in [1.82, 2.24) is 5.32 Å². The summed E-state index contributed by atoms with van der Waals surface area (Å²) in [7, 11) is 0. The average molecular weight is 361 g/mol. The van der Waals surface area contributed by atoms with Gasteiger partial charge in [-0.1, -0.05) is 66.4 Å². The lowest BCUT2D eigenvalue weighted by Gasteiger charge is -2.19. The van der Waals surface area contributed by atoms with E-state index in [-0.39, 0.29) is 11.9 Å². The van der Waals surface area contributed by atoms with Gasteiger partial charge < -0.3 is 10.6 Å². The van der Waals surface area contributed by atoms with E-state index in [1.807, 2.05) is 61.5 Å². The van der Waals surface area contributed by atoms with Gasteiger partial charge >= 0.3 is 0 Å². The Hall–Kier alpha value is -2.79. The first-order valence-corrected chi connectivity index (χ1v) is 9.54. The number of benzene rings is 3. The number of carbonyl (C=O) groups excluding carboxylic acids is 1. The fraction of sp³-hybridized carbons (Fsp3) is 0.143. The van der Waals surface area contributed by atoms with Crippen LogP contribution < -0.4 is 10.6 Å². The highest BCUT2D eigenvalue weighted by molar-refractivity contribution is 8.14. The quantitative estimate of drug-likeness (QED) is 0.697. The lowest BCUT2D eigenvalue weighted by molar-refractivity contribution is -0.119. The van der Waals surface area contributed by atoms with Gasteiger partial charge in [-0.2, -0.15) is 0 Å². The van der Waals surface area contributed by atoms with E-state index in [1.54, 1.807) is 0 Å². The van der Waals surface area contributed by atoms with Crippen LogP contribution in [0.15, 0.2) is 71.7 Å². The maximum absolute atomic E-state index is 12.3. The summed E-state index contributed by atoms with van der Waals surface area (Å²) in [5, 5.41) is 9.40. The number of anilines is 1. The largest absolute Gasteiger partial charge is 0.349 e. The van der Waals surface area contributed by atoms with Crippen molar-refractivity contribution in [3.63, 3.8) is 0 Å². The standard InChI is InChI=1S/C21H19N3OS/c1-14(15-7-3-2-4-8-15)22-19(25)13-26-21-23-17-11-5-9-16-10-6-12-18(24-21)20(16)17/h2-12,14H,13H2,1H3,(H,22,25)(H,23,24)/t14-/m1/s1. The van der Waals surface area contributed by atoms with Gasteiger partial charge in [-0.15, -0.1) is 0 Å². The molecule has 0 saturated heterocycles. The molecule has 4 rings (SSSR count). The third-order valence-corrected chi connectivity index (χ3v) is 5.24. The van der Waals surface area contributed by atoms with E-state index >= 15 is 0 Å². The Kier molecular flexibility index (Phi) is 4.63. The Bertz CT molecular complexity index is 980. The molecule has 0 saturated carbocycles. The summed E-state index contributed by atoms with van der Waals surface area (Å²) < 4.78 is 0. The van der Waals surface area contributed by atoms with Crippen LogP contribution in [-0.2, 0) is 4.79 Å². The van der Waals surface area contributed by atoms with Crippen LogP contribution in [0.4, 0.5) is 11.4 Å². The minimum atomic E-state index is -0.0139. The molecule has 4 nitrogen and oxygen atoms in total. The Labute approximate surface area is 156 Å². The van der Waals surface area contributed by atoms with Gasteiger partial charge in [-0.25, -0.2) is 4.99 Å². The average Bonchev–Trinajstić information content (AvgIpc) is 2.67. The number of amidine groups is 1. The van der Waals surface area contributed by atoms with Gasteiger partial charge in [0, 0.05) is 5.39 Å². The molecule has 26 heavy (non-hydrogen) atoms. The molecular weight excluding hydrogens is 342 g/mol. The lowest BCUT2D eigenvalue weighted by atomic mass is 10.1. The van der Waals surface area contributed by atoms with E-state index in [9.17, 15) is 4.79 Å². The van der Waals surface area contributed by atoms with Crippen molar-refractivity contribution >= 4 is 45.0 Å². The van der Waals surface area contributed by atoms with E-state index in [4.69, 9.17) is 0 Å². The van der Waals surface area contributed by atoms with Crippen molar-refractivity contribution in [2.24, 2.45) is 4.99 Å². The van der Waals surface area contributed by atoms with E-state index in [1.165, 1.54) is 11.8 Å². The highest BCUT2D eigenvalue weighted by Gasteiger charge is 2.16. The predicted octanol–water partition coefficient (Wildman–Crippen LogP) is 4.86. The highest BCUT2D eigenvalue weighted by Crippen LogP contribution is 2.36. The Morgan fingerprint density at radius 1 is 1.08 bits per heavy atom. The molecule has 1 aliphatic rings. The summed E-state index contributed by atoms with van der Waals surface area (Å²) in [5.41, 5.74) is 3.07. The van der Waals surface area contributed by atoms with E-state index < -0.39 is 0 Å². The number of amides is 1. The second kappa shape index (κ2) is 7.22. The first kappa shape index (κ1) is 16.7. The molecule has 0 spiro atoms. The minimum absolute atomic E-state index is 0.00656. The Morgan fingerprint density at radius 3 is 2.65 bits per heavy atom. The monoisotopic (exact) mass is 361 g/mol. The second-order valence-electron chi connectivity index (χ2n) is 6.21. The predicted molar refractivity (Wildman–Crippen MR) is 110 cm³/mol. The van der Waals surface area contributed by atoms with Crippen LogP contribution >= 0.6 is 11.8 Å². The summed E-state index contributed by atoms with van der Waals surface area (Å²) in [4.78, 5) is 17.0. The zero-order valence-electron chi connectivity index (χ0n) is 14.4. The van der Waals surface area contributed by atoms with Gasteiger partial charge in [0.15, 0.2) is 5.17 Å². The van der Waals surface area contributed by atoms with Gasteiger partial charge in [0.2, 0.25) is 5.91 Å². The highest BCUT2D eigenvalue weighted by atomic mass is 32.2. The van der Waals surface area contributed by atoms with Gasteiger partial charge in [0.05, 0.1) is 23.2 Å². The molecule has 0 bridgehead atoms. The number of nitrogens with zero attached hydrogens (tertiary/aromatic N) is 1. The molecule has 3 aromatic carbocycles. The molecule has 0 aliphatic carbocycles. The third kappa shape index (κ3) is 3.44. The van der Waals surface area contributed by atoms with Crippen LogP contribution in [-0.4, -0.2) is 16.8 Å². The van der Waals surface area contributed by atoms with Crippen molar-refractivity contribution in [3.8, 4) is 0 Å². The zero-order chi connectivity index (χ0) is 17.9. The molecule has 2 N–H and O–H groups in total. The number of thioether (sulfide) groups is 1. The maximum atomic E-state index is 12.3. The minimum Gasteiger partial charge on any atom is -0.349 e. The third-order valence-electron chi connectivity index (χ3n) is 4.36. The fourth-order valence-electron chi connectivity index (χ4n) is 3.08. The number of nitrogens with one attached hydrogen (secondary N) is 2. The molecule has 0 fully saturated rings. The SMILES string of the molecule is C[C@@H](NC(=O)CSC1=Nc2cccc3cccc(c23)N1)c1ccccc1. The van der Waals surface area contributed by atoms with Gasteiger partial charge in [0.1, 0.15) is 0 Å². The van der Waals surface area contributed by atoms with E-state index in [0.717, 1.165) is 32.9 Å².